The summed E-state index contributed by atoms with van der Waals surface area (Å²) in [4.78, 5) is 24.3. The van der Waals surface area contributed by atoms with Crippen LogP contribution in [-0.4, -0.2) is 26.0 Å². The largest absolute Gasteiger partial charge is 0.497 e. The van der Waals surface area contributed by atoms with E-state index in [1.54, 1.807) is 44.4 Å². The zero-order valence-corrected chi connectivity index (χ0v) is 15.7. The van der Waals surface area contributed by atoms with Crippen LogP contribution in [0.25, 0.3) is 17.0 Å². The van der Waals surface area contributed by atoms with Gasteiger partial charge in [-0.15, -0.1) is 0 Å². The summed E-state index contributed by atoms with van der Waals surface area (Å²) in [5, 5.41) is 0.852. The number of methoxy groups -OCH3 is 2. The average Bonchev–Trinajstić information content (AvgIpc) is 3.07. The molecule has 0 saturated carbocycles. The molecule has 2 aromatic carbocycles. The highest BCUT2D eigenvalue weighted by molar-refractivity contribution is 6.00. The van der Waals surface area contributed by atoms with Gasteiger partial charge in [0.25, 0.3) is 5.91 Å². The molecule has 0 unspecified atom stereocenters. The lowest BCUT2D eigenvalue weighted by atomic mass is 10.1. The Hall–Kier alpha value is -3.74. The number of hydrogen-bond donors (Lipinski definition) is 2. The predicted molar refractivity (Wildman–Crippen MR) is 105 cm³/mol. The van der Waals surface area contributed by atoms with Gasteiger partial charge in [-0.2, -0.15) is 0 Å². The lowest BCUT2D eigenvalue weighted by Crippen LogP contribution is -2.40. The van der Waals surface area contributed by atoms with Gasteiger partial charge in [-0.3, -0.25) is 20.4 Å². The maximum absolute atomic E-state index is 12.3. The molecule has 7 nitrogen and oxygen atoms in total. The lowest BCUT2D eigenvalue weighted by Gasteiger charge is -2.07. The summed E-state index contributed by atoms with van der Waals surface area (Å²) in [6.07, 6.45) is 2.86. The number of ether oxygens (including phenoxy) is 2. The van der Waals surface area contributed by atoms with Crippen LogP contribution < -0.4 is 20.3 Å². The van der Waals surface area contributed by atoms with Gasteiger partial charge in [0.15, 0.2) is 5.76 Å². The third-order valence-corrected chi connectivity index (χ3v) is 4.20. The Morgan fingerprint density at radius 2 is 1.82 bits per heavy atom. The Labute approximate surface area is 161 Å². The van der Waals surface area contributed by atoms with Crippen LogP contribution in [0.5, 0.6) is 11.5 Å². The van der Waals surface area contributed by atoms with E-state index < -0.39 is 11.8 Å². The molecule has 0 bridgehead atoms. The molecule has 0 saturated heterocycles. The van der Waals surface area contributed by atoms with Crippen molar-refractivity contribution < 1.29 is 23.5 Å². The molecule has 28 heavy (non-hydrogen) atoms. The summed E-state index contributed by atoms with van der Waals surface area (Å²) in [6.45, 7) is 1.79. The number of carbonyl (C=O) groups excluding carboxylic acids is 2. The minimum absolute atomic E-state index is 0.155. The van der Waals surface area contributed by atoms with E-state index in [9.17, 15) is 9.59 Å². The summed E-state index contributed by atoms with van der Waals surface area (Å²) < 4.78 is 16.0. The van der Waals surface area contributed by atoms with Gasteiger partial charge >= 0.3 is 5.91 Å². The van der Waals surface area contributed by atoms with Crippen LogP contribution in [0.2, 0.25) is 0 Å². The molecule has 2 N–H and O–H groups in total. The second-order valence-corrected chi connectivity index (χ2v) is 5.94. The quantitative estimate of drug-likeness (QED) is 0.524. The molecule has 3 rings (SSSR count). The van der Waals surface area contributed by atoms with Crippen molar-refractivity contribution >= 4 is 28.9 Å². The summed E-state index contributed by atoms with van der Waals surface area (Å²) >= 11 is 0. The SMILES string of the molecule is COc1ccc(/C=C/C(=O)NNC(=O)c2oc3ccccc3c2C)c(OC)c1. The van der Waals surface area contributed by atoms with Crippen LogP contribution in [-0.2, 0) is 4.79 Å². The van der Waals surface area contributed by atoms with Gasteiger partial charge in [0, 0.05) is 28.7 Å². The van der Waals surface area contributed by atoms with Crippen molar-refractivity contribution in [1.29, 1.82) is 0 Å². The topological polar surface area (TPSA) is 89.8 Å². The number of carbonyl (C=O) groups is 2. The van der Waals surface area contributed by atoms with E-state index in [1.165, 1.54) is 13.2 Å². The van der Waals surface area contributed by atoms with E-state index in [0.29, 0.717) is 28.2 Å². The van der Waals surface area contributed by atoms with Gasteiger partial charge in [0.05, 0.1) is 14.2 Å². The van der Waals surface area contributed by atoms with E-state index in [2.05, 4.69) is 10.9 Å². The fraction of sp³-hybridized carbons (Fsp3) is 0.143. The molecule has 0 fully saturated rings. The molecule has 0 atom stereocenters. The number of rotatable bonds is 5. The first-order valence-electron chi connectivity index (χ1n) is 8.52. The molecular weight excluding hydrogens is 360 g/mol. The Morgan fingerprint density at radius 3 is 2.54 bits per heavy atom. The van der Waals surface area contributed by atoms with Gasteiger partial charge in [0.1, 0.15) is 17.1 Å². The molecule has 7 heteroatoms. The van der Waals surface area contributed by atoms with Crippen molar-refractivity contribution in [2.45, 2.75) is 6.92 Å². The van der Waals surface area contributed by atoms with Gasteiger partial charge in [-0.25, -0.2) is 0 Å². The predicted octanol–water partition coefficient (Wildman–Crippen LogP) is 3.23. The zero-order chi connectivity index (χ0) is 20.1. The Balaban J connectivity index is 1.64. The Morgan fingerprint density at radius 1 is 1.04 bits per heavy atom. The molecule has 2 amide bonds. The van der Waals surface area contributed by atoms with E-state index >= 15 is 0 Å². The Bertz CT molecular complexity index is 1050. The van der Waals surface area contributed by atoms with Crippen LogP contribution in [0.1, 0.15) is 21.7 Å². The van der Waals surface area contributed by atoms with Gasteiger partial charge < -0.3 is 13.9 Å². The van der Waals surface area contributed by atoms with Crippen LogP contribution in [0.15, 0.2) is 53.0 Å². The second-order valence-electron chi connectivity index (χ2n) is 5.94. The van der Waals surface area contributed by atoms with E-state index in [-0.39, 0.29) is 5.76 Å². The molecule has 144 valence electrons. The van der Waals surface area contributed by atoms with Crippen LogP contribution in [0.3, 0.4) is 0 Å². The molecule has 0 aliphatic rings. The van der Waals surface area contributed by atoms with Crippen molar-refractivity contribution in [1.82, 2.24) is 10.9 Å². The normalized spacial score (nSPS) is 10.8. The van der Waals surface area contributed by atoms with Crippen LogP contribution in [0.4, 0.5) is 0 Å². The first-order valence-corrected chi connectivity index (χ1v) is 8.52. The van der Waals surface area contributed by atoms with E-state index in [0.717, 1.165) is 5.39 Å². The minimum Gasteiger partial charge on any atom is -0.497 e. The number of benzene rings is 2. The van der Waals surface area contributed by atoms with Crippen molar-refractivity contribution in [2.75, 3.05) is 14.2 Å². The number of nitrogens with one attached hydrogen (secondary N) is 2. The van der Waals surface area contributed by atoms with Crippen LogP contribution in [0, 0.1) is 6.92 Å². The number of aryl methyl sites for hydroxylation is 1. The van der Waals surface area contributed by atoms with E-state index in [4.69, 9.17) is 13.9 Å². The van der Waals surface area contributed by atoms with Gasteiger partial charge in [0.2, 0.25) is 0 Å². The molecule has 1 aromatic heterocycles. The smallest absolute Gasteiger partial charge is 0.305 e. The number of hydrazine groups is 1. The standard InChI is InChI=1S/C21H20N2O5/c1-13-16-6-4-5-7-17(16)28-20(13)21(25)23-22-19(24)11-9-14-8-10-15(26-2)12-18(14)27-3/h4-12H,1-3H3,(H,22,24)(H,23,25)/b11-9+. The van der Waals surface area contributed by atoms with E-state index in [1.807, 2.05) is 18.2 Å². The molecule has 0 radical (unpaired) electrons. The fourth-order valence-electron chi connectivity index (χ4n) is 2.73. The molecule has 1 heterocycles. The molecule has 0 aliphatic heterocycles. The number of para-hydroxylation sites is 1. The molecule has 0 aliphatic carbocycles. The third kappa shape index (κ3) is 3.98. The average molecular weight is 380 g/mol. The lowest BCUT2D eigenvalue weighted by molar-refractivity contribution is -0.117. The van der Waals surface area contributed by atoms with Crippen molar-refractivity contribution in [3.05, 3.63) is 65.4 Å². The maximum Gasteiger partial charge on any atom is 0.305 e. The highest BCUT2D eigenvalue weighted by Gasteiger charge is 2.17. The minimum atomic E-state index is -0.530. The highest BCUT2D eigenvalue weighted by atomic mass is 16.5. The van der Waals surface area contributed by atoms with Crippen LogP contribution >= 0.6 is 0 Å². The summed E-state index contributed by atoms with van der Waals surface area (Å²) in [7, 11) is 3.09. The Kier molecular flexibility index (Phi) is 5.64. The summed E-state index contributed by atoms with van der Waals surface area (Å²) in [5.74, 6) is 0.331. The monoisotopic (exact) mass is 380 g/mol. The number of amides is 2. The first kappa shape index (κ1) is 19.0. The summed E-state index contributed by atoms with van der Waals surface area (Å²) in [5.41, 5.74) is 6.70. The van der Waals surface area contributed by atoms with Crippen molar-refractivity contribution in [3.63, 3.8) is 0 Å². The number of fused-ring (bicyclic) bond motifs is 1. The van der Waals surface area contributed by atoms with Crippen molar-refractivity contribution in [3.8, 4) is 11.5 Å². The third-order valence-electron chi connectivity index (χ3n) is 4.20. The highest BCUT2D eigenvalue weighted by Crippen LogP contribution is 2.26. The zero-order valence-electron chi connectivity index (χ0n) is 15.7. The number of hydrogen-bond acceptors (Lipinski definition) is 5. The molecule has 3 aromatic rings. The van der Waals surface area contributed by atoms with Gasteiger partial charge in [-0.05, 0) is 31.2 Å². The number of furan rings is 1. The fourth-order valence-corrected chi connectivity index (χ4v) is 2.73. The van der Waals surface area contributed by atoms with Crippen molar-refractivity contribution in [2.24, 2.45) is 0 Å². The molecular formula is C21H20N2O5. The second kappa shape index (κ2) is 8.30. The summed E-state index contributed by atoms with van der Waals surface area (Å²) in [6, 6.07) is 12.6. The van der Waals surface area contributed by atoms with Gasteiger partial charge in [-0.1, -0.05) is 18.2 Å². The maximum atomic E-state index is 12.3. The molecule has 0 spiro atoms. The first-order chi connectivity index (χ1) is 13.5.